The Morgan fingerprint density at radius 1 is 1.04 bits per heavy atom. The average Bonchev–Trinajstić information content (AvgIpc) is 2.36. The largest absolute Gasteiger partial charge is 0.457 e. The van der Waals surface area contributed by atoms with Gasteiger partial charge in [-0.15, -0.1) is 0 Å². The van der Waals surface area contributed by atoms with Crippen molar-refractivity contribution < 1.29 is 24.2 Å². The molecule has 1 aliphatic heterocycles. The molecule has 0 aromatic carbocycles. The summed E-state index contributed by atoms with van der Waals surface area (Å²) in [5, 5.41) is 9.26. The Kier molecular flexibility index (Phi) is 8.31. The number of amides is 1. The Labute approximate surface area is 139 Å². The van der Waals surface area contributed by atoms with Crippen molar-refractivity contribution in [3.05, 3.63) is 12.7 Å². The van der Waals surface area contributed by atoms with Crippen molar-refractivity contribution in [2.75, 3.05) is 13.1 Å². The van der Waals surface area contributed by atoms with Crippen LogP contribution in [0.25, 0.3) is 0 Å². The first-order valence-electron chi connectivity index (χ1n) is 7.85. The highest BCUT2D eigenvalue weighted by molar-refractivity contribution is 5.81. The number of aliphatic hydroxyl groups is 1. The number of esters is 1. The van der Waals surface area contributed by atoms with Crippen LogP contribution in [0.2, 0.25) is 0 Å². The molecule has 6 heteroatoms. The number of ether oxygens (including phenoxy) is 2. The van der Waals surface area contributed by atoms with Crippen LogP contribution < -0.4 is 0 Å². The summed E-state index contributed by atoms with van der Waals surface area (Å²) < 4.78 is 10.0. The summed E-state index contributed by atoms with van der Waals surface area (Å²) in [5.74, 6) is -0.373. The molecular formula is C17H31NO5. The highest BCUT2D eigenvalue weighted by Crippen LogP contribution is 2.15. The molecule has 0 bridgehead atoms. The van der Waals surface area contributed by atoms with Crippen LogP contribution in [-0.2, 0) is 14.3 Å². The number of nitrogens with zero attached hydrogens (tertiary/aromatic N) is 1. The van der Waals surface area contributed by atoms with Crippen LogP contribution in [0.5, 0.6) is 0 Å². The molecule has 0 unspecified atom stereocenters. The number of likely N-dealkylation sites (tertiary alicyclic amines) is 1. The van der Waals surface area contributed by atoms with Gasteiger partial charge in [-0.25, -0.2) is 9.59 Å². The third-order valence-electron chi connectivity index (χ3n) is 2.69. The molecule has 0 spiro atoms. The molecule has 134 valence electrons. The Morgan fingerprint density at radius 3 is 1.78 bits per heavy atom. The Bertz CT molecular complexity index is 398. The monoisotopic (exact) mass is 329 g/mol. The fourth-order valence-electron chi connectivity index (χ4n) is 1.72. The zero-order valence-electron chi connectivity index (χ0n) is 15.2. The lowest BCUT2D eigenvalue weighted by Crippen LogP contribution is -2.42. The maximum atomic E-state index is 11.5. The minimum Gasteiger partial charge on any atom is -0.457 e. The van der Waals surface area contributed by atoms with E-state index in [4.69, 9.17) is 9.47 Å². The van der Waals surface area contributed by atoms with Crippen LogP contribution in [0.1, 0.15) is 54.4 Å². The number of piperidine rings is 1. The Hall–Kier alpha value is -1.56. The van der Waals surface area contributed by atoms with Gasteiger partial charge in [0.1, 0.15) is 11.2 Å². The molecule has 1 heterocycles. The van der Waals surface area contributed by atoms with Crippen LogP contribution in [0, 0.1) is 0 Å². The smallest absolute Gasteiger partial charge is 0.410 e. The minimum absolute atomic E-state index is 0.256. The van der Waals surface area contributed by atoms with Gasteiger partial charge in [0.2, 0.25) is 0 Å². The van der Waals surface area contributed by atoms with Crippen LogP contribution in [0.15, 0.2) is 12.7 Å². The summed E-state index contributed by atoms with van der Waals surface area (Å²) in [6, 6.07) is 0. The molecule has 0 aliphatic carbocycles. The predicted octanol–water partition coefficient (Wildman–Crippen LogP) is 2.89. The standard InChI is InChI=1S/C10H19NO3.C7H12O2/c1-10(2,3)14-9(13)11-6-4-8(12)5-7-11;1-5-6(8)9-7(2,3)4/h8,12H,4-7H2,1-3H3;5H,1H2,2-4H3. The molecule has 1 saturated heterocycles. The molecule has 1 amide bonds. The van der Waals surface area contributed by atoms with Crippen LogP contribution in [0.3, 0.4) is 0 Å². The van der Waals surface area contributed by atoms with Crippen molar-refractivity contribution in [3.63, 3.8) is 0 Å². The second-order valence-electron chi connectivity index (χ2n) is 7.44. The van der Waals surface area contributed by atoms with Crippen molar-refractivity contribution >= 4 is 12.1 Å². The Morgan fingerprint density at radius 2 is 1.48 bits per heavy atom. The molecule has 1 rings (SSSR count). The van der Waals surface area contributed by atoms with Crippen molar-refractivity contribution in [1.82, 2.24) is 4.90 Å². The van der Waals surface area contributed by atoms with E-state index >= 15 is 0 Å². The van der Waals surface area contributed by atoms with Crippen LogP contribution >= 0.6 is 0 Å². The molecule has 6 nitrogen and oxygen atoms in total. The third-order valence-corrected chi connectivity index (χ3v) is 2.69. The second-order valence-corrected chi connectivity index (χ2v) is 7.44. The zero-order chi connectivity index (χ0) is 18.3. The molecule has 0 atom stereocenters. The van der Waals surface area contributed by atoms with E-state index in [-0.39, 0.29) is 18.2 Å². The quantitative estimate of drug-likeness (QED) is 0.591. The van der Waals surface area contributed by atoms with Gasteiger partial charge in [-0.1, -0.05) is 6.58 Å². The highest BCUT2D eigenvalue weighted by Gasteiger charge is 2.25. The summed E-state index contributed by atoms with van der Waals surface area (Å²) in [7, 11) is 0. The summed E-state index contributed by atoms with van der Waals surface area (Å²) >= 11 is 0. The minimum atomic E-state index is -0.437. The van der Waals surface area contributed by atoms with Crippen LogP contribution in [0.4, 0.5) is 4.79 Å². The van der Waals surface area contributed by atoms with Gasteiger partial charge in [0.25, 0.3) is 0 Å². The molecule has 23 heavy (non-hydrogen) atoms. The summed E-state index contributed by atoms with van der Waals surface area (Å²) in [4.78, 5) is 23.7. The van der Waals surface area contributed by atoms with Gasteiger partial charge in [0.15, 0.2) is 0 Å². The molecule has 1 fully saturated rings. The number of rotatable bonds is 1. The van der Waals surface area contributed by atoms with E-state index in [9.17, 15) is 14.7 Å². The van der Waals surface area contributed by atoms with E-state index in [1.54, 1.807) is 4.90 Å². The van der Waals surface area contributed by atoms with Crippen molar-refractivity contribution in [3.8, 4) is 0 Å². The third kappa shape index (κ3) is 11.6. The van der Waals surface area contributed by atoms with E-state index in [1.165, 1.54) is 0 Å². The number of carbonyl (C=O) groups is 2. The molecule has 0 saturated carbocycles. The molecule has 0 aromatic heterocycles. The summed E-state index contributed by atoms with van der Waals surface area (Å²) in [6.07, 6.45) is 1.93. The Balaban J connectivity index is 0.000000468. The van der Waals surface area contributed by atoms with Crippen molar-refractivity contribution in [2.45, 2.75) is 71.7 Å². The van der Waals surface area contributed by atoms with Gasteiger partial charge in [0.05, 0.1) is 6.10 Å². The maximum absolute atomic E-state index is 11.5. The number of hydrogen-bond acceptors (Lipinski definition) is 5. The summed E-state index contributed by atoms with van der Waals surface area (Å²) in [6.45, 7) is 15.5. The molecular weight excluding hydrogens is 298 g/mol. The van der Waals surface area contributed by atoms with Crippen molar-refractivity contribution in [1.29, 1.82) is 0 Å². The van der Waals surface area contributed by atoms with Gasteiger partial charge in [-0.2, -0.15) is 0 Å². The van der Waals surface area contributed by atoms with E-state index < -0.39 is 11.2 Å². The maximum Gasteiger partial charge on any atom is 0.410 e. The van der Waals surface area contributed by atoms with E-state index in [0.29, 0.717) is 25.9 Å². The topological polar surface area (TPSA) is 76.1 Å². The molecule has 0 aromatic rings. The first-order valence-corrected chi connectivity index (χ1v) is 7.85. The molecule has 1 N–H and O–H groups in total. The summed E-state index contributed by atoms with van der Waals surface area (Å²) in [5.41, 5.74) is -0.835. The number of aliphatic hydroxyl groups excluding tert-OH is 1. The zero-order valence-corrected chi connectivity index (χ0v) is 15.2. The second kappa shape index (κ2) is 8.91. The lowest BCUT2D eigenvalue weighted by molar-refractivity contribution is -0.148. The van der Waals surface area contributed by atoms with Gasteiger partial charge in [0, 0.05) is 19.2 Å². The normalized spacial score (nSPS) is 16.0. The fraction of sp³-hybridized carbons (Fsp3) is 0.765. The van der Waals surface area contributed by atoms with Gasteiger partial charge in [-0.05, 0) is 54.4 Å². The SMILES string of the molecule is C=CC(=O)OC(C)(C)C.CC(C)(C)OC(=O)N1CCC(O)CC1. The first kappa shape index (κ1) is 21.4. The fourth-order valence-corrected chi connectivity index (χ4v) is 1.72. The van der Waals surface area contributed by atoms with E-state index in [2.05, 4.69) is 6.58 Å². The van der Waals surface area contributed by atoms with E-state index in [0.717, 1.165) is 6.08 Å². The van der Waals surface area contributed by atoms with Crippen LogP contribution in [-0.4, -0.2) is 52.5 Å². The van der Waals surface area contributed by atoms with E-state index in [1.807, 2.05) is 41.5 Å². The average molecular weight is 329 g/mol. The number of hydrogen-bond donors (Lipinski definition) is 1. The molecule has 0 radical (unpaired) electrons. The number of carbonyl (C=O) groups excluding carboxylic acids is 2. The first-order chi connectivity index (χ1) is 10.3. The highest BCUT2D eigenvalue weighted by atomic mass is 16.6. The van der Waals surface area contributed by atoms with Gasteiger partial charge >= 0.3 is 12.1 Å². The lowest BCUT2D eigenvalue weighted by Gasteiger charge is -2.31. The van der Waals surface area contributed by atoms with Gasteiger partial charge < -0.3 is 19.5 Å². The van der Waals surface area contributed by atoms with Gasteiger partial charge in [-0.3, -0.25) is 0 Å². The predicted molar refractivity (Wildman–Crippen MR) is 89.1 cm³/mol. The van der Waals surface area contributed by atoms with Crippen molar-refractivity contribution in [2.24, 2.45) is 0 Å². The lowest BCUT2D eigenvalue weighted by atomic mass is 10.1. The molecule has 1 aliphatic rings.